The Kier molecular flexibility index (Phi) is 4.08. The number of nitrogens with one attached hydrogen (secondary N) is 1. The third-order valence-electron chi connectivity index (χ3n) is 4.61. The van der Waals surface area contributed by atoms with Crippen LogP contribution in [0.5, 0.6) is 0 Å². The van der Waals surface area contributed by atoms with Gasteiger partial charge in [0.15, 0.2) is 0 Å². The summed E-state index contributed by atoms with van der Waals surface area (Å²) in [6.45, 7) is 4.33. The van der Waals surface area contributed by atoms with E-state index in [4.69, 9.17) is 0 Å². The summed E-state index contributed by atoms with van der Waals surface area (Å²) in [5.74, 6) is 2.66. The standard InChI is InChI=1S/C14H25NO2/c1-9(2)13(16)8-15-14(17)7-12-6-10-3-4-11(12)5-10/h9-13,16H,3-8H2,1-2H3,(H,15,17)/t10-,11-,12-,13-/m0/s1. The van der Waals surface area contributed by atoms with E-state index < -0.39 is 6.10 Å². The summed E-state index contributed by atoms with van der Waals surface area (Å²) in [6, 6.07) is 0. The third kappa shape index (κ3) is 3.21. The van der Waals surface area contributed by atoms with Gasteiger partial charge >= 0.3 is 0 Å². The molecule has 0 unspecified atom stereocenters. The molecule has 0 aliphatic heterocycles. The topological polar surface area (TPSA) is 49.3 Å². The van der Waals surface area contributed by atoms with Crippen LogP contribution in [0.2, 0.25) is 0 Å². The first-order valence-electron chi connectivity index (χ1n) is 7.01. The molecule has 4 atom stereocenters. The van der Waals surface area contributed by atoms with Crippen molar-refractivity contribution in [2.45, 2.75) is 52.1 Å². The number of hydrogen-bond acceptors (Lipinski definition) is 2. The second-order valence-electron chi connectivity index (χ2n) is 6.25. The summed E-state index contributed by atoms with van der Waals surface area (Å²) in [6.07, 6.45) is 5.58. The first-order valence-corrected chi connectivity index (χ1v) is 7.01. The molecule has 2 rings (SSSR count). The first-order chi connectivity index (χ1) is 8.06. The van der Waals surface area contributed by atoms with Gasteiger partial charge in [-0.15, -0.1) is 0 Å². The minimum atomic E-state index is -0.418. The second kappa shape index (κ2) is 5.38. The summed E-state index contributed by atoms with van der Waals surface area (Å²) >= 11 is 0. The van der Waals surface area contributed by atoms with Crippen molar-refractivity contribution in [3.63, 3.8) is 0 Å². The highest BCUT2D eigenvalue weighted by Crippen LogP contribution is 2.49. The highest BCUT2D eigenvalue weighted by atomic mass is 16.3. The van der Waals surface area contributed by atoms with E-state index in [1.165, 1.54) is 25.7 Å². The fourth-order valence-corrected chi connectivity index (χ4v) is 3.39. The summed E-state index contributed by atoms with van der Waals surface area (Å²) in [7, 11) is 0. The van der Waals surface area contributed by atoms with Gasteiger partial charge in [-0.05, 0) is 42.9 Å². The van der Waals surface area contributed by atoms with Gasteiger partial charge in [0.1, 0.15) is 0 Å². The average Bonchev–Trinajstić information content (AvgIpc) is 2.87. The number of aliphatic hydroxyl groups is 1. The lowest BCUT2D eigenvalue weighted by molar-refractivity contribution is -0.123. The first kappa shape index (κ1) is 12.9. The Morgan fingerprint density at radius 1 is 1.35 bits per heavy atom. The Balaban J connectivity index is 1.67. The van der Waals surface area contributed by atoms with Crippen LogP contribution in [0.4, 0.5) is 0 Å². The molecule has 2 N–H and O–H groups in total. The van der Waals surface area contributed by atoms with Crippen LogP contribution in [-0.4, -0.2) is 23.7 Å². The SMILES string of the molecule is CC(C)[C@@H](O)CNC(=O)C[C@@H]1C[C@H]2CC[C@H]1C2. The molecule has 0 aromatic carbocycles. The van der Waals surface area contributed by atoms with Crippen LogP contribution < -0.4 is 5.32 Å². The van der Waals surface area contributed by atoms with E-state index in [9.17, 15) is 9.90 Å². The lowest BCUT2D eigenvalue weighted by atomic mass is 9.86. The second-order valence-corrected chi connectivity index (χ2v) is 6.25. The summed E-state index contributed by atoms with van der Waals surface area (Å²) in [4.78, 5) is 11.8. The van der Waals surface area contributed by atoms with Gasteiger partial charge in [0.05, 0.1) is 6.10 Å². The maximum Gasteiger partial charge on any atom is 0.220 e. The normalized spacial score (nSPS) is 33.1. The Bertz CT molecular complexity index is 277. The van der Waals surface area contributed by atoms with E-state index in [0.29, 0.717) is 18.9 Å². The highest BCUT2D eigenvalue weighted by Gasteiger charge is 2.40. The van der Waals surface area contributed by atoms with Gasteiger partial charge in [0.2, 0.25) is 5.91 Å². The monoisotopic (exact) mass is 239 g/mol. The fraction of sp³-hybridized carbons (Fsp3) is 0.929. The predicted molar refractivity (Wildman–Crippen MR) is 67.4 cm³/mol. The fourth-order valence-electron chi connectivity index (χ4n) is 3.39. The van der Waals surface area contributed by atoms with Crippen molar-refractivity contribution in [2.75, 3.05) is 6.54 Å². The smallest absolute Gasteiger partial charge is 0.220 e. The van der Waals surface area contributed by atoms with Crippen molar-refractivity contribution in [1.82, 2.24) is 5.32 Å². The van der Waals surface area contributed by atoms with E-state index in [2.05, 4.69) is 5.32 Å². The largest absolute Gasteiger partial charge is 0.391 e. The Morgan fingerprint density at radius 3 is 2.65 bits per heavy atom. The zero-order valence-corrected chi connectivity index (χ0v) is 11.0. The van der Waals surface area contributed by atoms with Crippen LogP contribution in [-0.2, 0) is 4.79 Å². The molecule has 0 spiro atoms. The van der Waals surface area contributed by atoms with Crippen molar-refractivity contribution < 1.29 is 9.90 Å². The molecular weight excluding hydrogens is 214 g/mol. The molecule has 1 amide bonds. The van der Waals surface area contributed by atoms with Gasteiger partial charge in [0.25, 0.3) is 0 Å². The van der Waals surface area contributed by atoms with E-state index in [1.54, 1.807) is 0 Å². The molecule has 3 heteroatoms. The molecule has 98 valence electrons. The van der Waals surface area contributed by atoms with Crippen LogP contribution in [0.1, 0.15) is 46.0 Å². The molecule has 3 nitrogen and oxygen atoms in total. The van der Waals surface area contributed by atoms with E-state index >= 15 is 0 Å². The quantitative estimate of drug-likeness (QED) is 0.770. The van der Waals surface area contributed by atoms with Gasteiger partial charge in [-0.2, -0.15) is 0 Å². The minimum Gasteiger partial charge on any atom is -0.391 e. The van der Waals surface area contributed by atoms with E-state index in [0.717, 1.165) is 11.8 Å². The lowest BCUT2D eigenvalue weighted by Gasteiger charge is -2.21. The molecule has 0 aromatic rings. The molecule has 0 heterocycles. The average molecular weight is 239 g/mol. The van der Waals surface area contributed by atoms with Crippen molar-refractivity contribution in [3.05, 3.63) is 0 Å². The van der Waals surface area contributed by atoms with Crippen LogP contribution in [0.25, 0.3) is 0 Å². The third-order valence-corrected chi connectivity index (χ3v) is 4.61. The van der Waals surface area contributed by atoms with Crippen LogP contribution in [0.15, 0.2) is 0 Å². The van der Waals surface area contributed by atoms with Crippen molar-refractivity contribution in [1.29, 1.82) is 0 Å². The van der Waals surface area contributed by atoms with Crippen molar-refractivity contribution in [2.24, 2.45) is 23.7 Å². The van der Waals surface area contributed by atoms with Crippen molar-refractivity contribution in [3.8, 4) is 0 Å². The van der Waals surface area contributed by atoms with Crippen LogP contribution in [0, 0.1) is 23.7 Å². The van der Waals surface area contributed by atoms with Crippen LogP contribution >= 0.6 is 0 Å². The summed E-state index contributed by atoms with van der Waals surface area (Å²) in [5, 5.41) is 12.5. The molecule has 2 bridgehead atoms. The Labute approximate surface area is 104 Å². The van der Waals surface area contributed by atoms with Gasteiger partial charge in [-0.3, -0.25) is 4.79 Å². The number of rotatable bonds is 5. The summed E-state index contributed by atoms with van der Waals surface area (Å²) < 4.78 is 0. The highest BCUT2D eigenvalue weighted by molar-refractivity contribution is 5.76. The van der Waals surface area contributed by atoms with Gasteiger partial charge in [0, 0.05) is 13.0 Å². The number of aliphatic hydroxyl groups excluding tert-OH is 1. The van der Waals surface area contributed by atoms with E-state index in [-0.39, 0.29) is 11.8 Å². The maximum atomic E-state index is 11.8. The molecule has 0 aromatic heterocycles. The molecule has 2 fully saturated rings. The van der Waals surface area contributed by atoms with Gasteiger partial charge in [-0.1, -0.05) is 20.3 Å². The number of fused-ring (bicyclic) bond motifs is 2. The van der Waals surface area contributed by atoms with Crippen LogP contribution in [0.3, 0.4) is 0 Å². The number of carbonyl (C=O) groups excluding carboxylic acids is 1. The Hall–Kier alpha value is -0.570. The molecule has 2 saturated carbocycles. The minimum absolute atomic E-state index is 0.127. The maximum absolute atomic E-state index is 11.8. The molecule has 2 aliphatic carbocycles. The predicted octanol–water partition coefficient (Wildman–Crippen LogP) is 1.95. The molecular formula is C14H25NO2. The summed E-state index contributed by atoms with van der Waals surface area (Å²) in [5.41, 5.74) is 0. The van der Waals surface area contributed by atoms with E-state index in [1.807, 2.05) is 13.8 Å². The molecule has 0 radical (unpaired) electrons. The number of amides is 1. The molecule has 0 saturated heterocycles. The van der Waals surface area contributed by atoms with Crippen molar-refractivity contribution >= 4 is 5.91 Å². The number of carbonyl (C=O) groups is 1. The van der Waals surface area contributed by atoms with Gasteiger partial charge in [-0.25, -0.2) is 0 Å². The Morgan fingerprint density at radius 2 is 2.12 bits per heavy atom. The molecule has 2 aliphatic rings. The zero-order valence-electron chi connectivity index (χ0n) is 11.0. The van der Waals surface area contributed by atoms with Gasteiger partial charge < -0.3 is 10.4 Å². The molecule has 17 heavy (non-hydrogen) atoms. The number of hydrogen-bond donors (Lipinski definition) is 2. The zero-order chi connectivity index (χ0) is 12.4. The lowest BCUT2D eigenvalue weighted by Crippen LogP contribution is -2.36.